The number of nitrogens with one attached hydrogen (secondary N) is 1. The third-order valence-electron chi connectivity index (χ3n) is 2.57. The minimum atomic E-state index is -0.480. The van der Waals surface area contributed by atoms with Gasteiger partial charge in [-0.25, -0.2) is 4.98 Å². The lowest BCUT2D eigenvalue weighted by molar-refractivity contribution is 0.0912. The fraction of sp³-hybridized carbons (Fsp3) is 0.231. The molecule has 0 aliphatic carbocycles. The maximum absolute atomic E-state index is 12.1. The monoisotopic (exact) mass is 261 g/mol. The van der Waals surface area contributed by atoms with Gasteiger partial charge in [-0.05, 0) is 38.1 Å². The highest BCUT2D eigenvalue weighted by molar-refractivity contribution is 7.09. The predicted octanol–water partition coefficient (Wildman–Crippen LogP) is 2.39. The van der Waals surface area contributed by atoms with Crippen LogP contribution < -0.4 is 11.1 Å². The fourth-order valence-electron chi connectivity index (χ4n) is 1.58. The zero-order valence-electron chi connectivity index (χ0n) is 10.3. The summed E-state index contributed by atoms with van der Waals surface area (Å²) in [6, 6.07) is 6.85. The van der Waals surface area contributed by atoms with E-state index >= 15 is 0 Å². The molecule has 18 heavy (non-hydrogen) atoms. The van der Waals surface area contributed by atoms with E-state index in [9.17, 15) is 4.79 Å². The third kappa shape index (κ3) is 2.68. The lowest BCUT2D eigenvalue weighted by Crippen LogP contribution is -2.40. The first-order valence-electron chi connectivity index (χ1n) is 5.57. The highest BCUT2D eigenvalue weighted by atomic mass is 32.1. The molecule has 0 fully saturated rings. The summed E-state index contributed by atoms with van der Waals surface area (Å²) in [7, 11) is 0. The number of hydrogen-bond acceptors (Lipinski definition) is 4. The largest absolute Gasteiger partial charge is 0.399 e. The smallest absolute Gasteiger partial charge is 0.252 e. The normalized spacial score (nSPS) is 11.2. The zero-order chi connectivity index (χ0) is 13.2. The van der Waals surface area contributed by atoms with Crippen molar-refractivity contribution in [3.63, 3.8) is 0 Å². The summed E-state index contributed by atoms with van der Waals surface area (Å²) < 4.78 is 0. The maximum Gasteiger partial charge on any atom is 0.252 e. The van der Waals surface area contributed by atoms with Gasteiger partial charge in [-0.3, -0.25) is 4.79 Å². The van der Waals surface area contributed by atoms with Gasteiger partial charge in [0.2, 0.25) is 0 Å². The molecule has 0 aliphatic rings. The third-order valence-corrected chi connectivity index (χ3v) is 3.66. The van der Waals surface area contributed by atoms with Gasteiger partial charge < -0.3 is 11.1 Å². The van der Waals surface area contributed by atoms with Crippen LogP contribution in [0.4, 0.5) is 5.69 Å². The van der Waals surface area contributed by atoms with E-state index in [0.29, 0.717) is 11.3 Å². The van der Waals surface area contributed by atoms with E-state index in [-0.39, 0.29) is 5.91 Å². The van der Waals surface area contributed by atoms with E-state index in [1.54, 1.807) is 30.5 Å². The van der Waals surface area contributed by atoms with Crippen molar-refractivity contribution in [2.24, 2.45) is 0 Å². The quantitative estimate of drug-likeness (QED) is 0.834. The van der Waals surface area contributed by atoms with E-state index in [1.165, 1.54) is 11.3 Å². The van der Waals surface area contributed by atoms with Crippen molar-refractivity contribution in [1.82, 2.24) is 10.3 Å². The van der Waals surface area contributed by atoms with Gasteiger partial charge >= 0.3 is 0 Å². The van der Waals surface area contributed by atoms with Crippen LogP contribution in [-0.2, 0) is 5.54 Å². The molecular weight excluding hydrogens is 246 g/mol. The number of hydrogen-bond donors (Lipinski definition) is 2. The number of carbonyl (C=O) groups excluding carboxylic acids is 1. The lowest BCUT2D eigenvalue weighted by atomic mass is 10.1. The lowest BCUT2D eigenvalue weighted by Gasteiger charge is -2.23. The molecule has 0 saturated carbocycles. The van der Waals surface area contributed by atoms with Crippen LogP contribution in [0.2, 0.25) is 0 Å². The van der Waals surface area contributed by atoms with Crippen LogP contribution in [-0.4, -0.2) is 10.9 Å². The summed E-state index contributed by atoms with van der Waals surface area (Å²) in [5.74, 6) is -0.129. The van der Waals surface area contributed by atoms with E-state index in [0.717, 1.165) is 5.01 Å². The average molecular weight is 261 g/mol. The molecule has 0 saturated heterocycles. The summed E-state index contributed by atoms with van der Waals surface area (Å²) in [6.07, 6.45) is 1.73. The minimum absolute atomic E-state index is 0.129. The number of anilines is 1. The van der Waals surface area contributed by atoms with E-state index < -0.39 is 5.54 Å². The molecule has 0 aliphatic heterocycles. The van der Waals surface area contributed by atoms with Crippen LogP contribution in [0.3, 0.4) is 0 Å². The summed E-state index contributed by atoms with van der Waals surface area (Å²) >= 11 is 1.52. The standard InChI is InChI=1S/C13H15N3OS/c1-13(2,12-15-7-8-18-12)16-11(17)9-3-5-10(14)6-4-9/h3-8H,14H2,1-2H3,(H,16,17). The van der Waals surface area contributed by atoms with Crippen LogP contribution in [0, 0.1) is 0 Å². The second-order valence-electron chi connectivity index (χ2n) is 4.54. The van der Waals surface area contributed by atoms with Gasteiger partial charge in [-0.1, -0.05) is 0 Å². The molecule has 1 heterocycles. The molecular formula is C13H15N3OS. The van der Waals surface area contributed by atoms with Crippen molar-refractivity contribution in [3.8, 4) is 0 Å². The van der Waals surface area contributed by atoms with Crippen LogP contribution in [0.5, 0.6) is 0 Å². The Kier molecular flexibility index (Phi) is 3.34. The van der Waals surface area contributed by atoms with Crippen molar-refractivity contribution in [2.45, 2.75) is 19.4 Å². The van der Waals surface area contributed by atoms with Gasteiger partial charge in [0, 0.05) is 22.8 Å². The number of amides is 1. The van der Waals surface area contributed by atoms with E-state index in [4.69, 9.17) is 5.73 Å². The summed E-state index contributed by atoms with van der Waals surface area (Å²) in [5, 5.41) is 5.74. The number of benzene rings is 1. The Balaban J connectivity index is 2.14. The molecule has 94 valence electrons. The summed E-state index contributed by atoms with van der Waals surface area (Å²) in [6.45, 7) is 3.86. The van der Waals surface area contributed by atoms with Gasteiger partial charge in [-0.15, -0.1) is 11.3 Å². The van der Waals surface area contributed by atoms with Crippen molar-refractivity contribution in [3.05, 3.63) is 46.4 Å². The molecule has 1 aromatic heterocycles. The Morgan fingerprint density at radius 3 is 2.56 bits per heavy atom. The zero-order valence-corrected chi connectivity index (χ0v) is 11.1. The molecule has 1 aromatic carbocycles. The van der Waals surface area contributed by atoms with Crippen LogP contribution in [0.25, 0.3) is 0 Å². The molecule has 1 amide bonds. The van der Waals surface area contributed by atoms with Crippen molar-refractivity contribution < 1.29 is 4.79 Å². The molecule has 4 nitrogen and oxygen atoms in total. The average Bonchev–Trinajstić information content (AvgIpc) is 2.83. The Morgan fingerprint density at radius 1 is 1.33 bits per heavy atom. The Labute approximate surface area is 110 Å². The van der Waals surface area contributed by atoms with Crippen LogP contribution in [0.1, 0.15) is 29.2 Å². The predicted molar refractivity (Wildman–Crippen MR) is 73.5 cm³/mol. The number of nitrogens with two attached hydrogens (primary N) is 1. The molecule has 0 spiro atoms. The van der Waals surface area contributed by atoms with E-state index in [2.05, 4.69) is 10.3 Å². The second kappa shape index (κ2) is 4.78. The minimum Gasteiger partial charge on any atom is -0.399 e. The molecule has 3 N–H and O–H groups in total. The molecule has 0 bridgehead atoms. The summed E-state index contributed by atoms with van der Waals surface area (Å²) in [4.78, 5) is 16.3. The van der Waals surface area contributed by atoms with E-state index in [1.807, 2.05) is 19.2 Å². The number of rotatable bonds is 3. The number of carbonyl (C=O) groups is 1. The topological polar surface area (TPSA) is 68.0 Å². The molecule has 0 radical (unpaired) electrons. The second-order valence-corrected chi connectivity index (χ2v) is 5.43. The van der Waals surface area contributed by atoms with Gasteiger partial charge in [0.25, 0.3) is 5.91 Å². The van der Waals surface area contributed by atoms with Crippen molar-refractivity contribution in [1.29, 1.82) is 0 Å². The molecule has 5 heteroatoms. The number of thiazole rings is 1. The molecule has 0 unspecified atom stereocenters. The Bertz CT molecular complexity index is 532. The molecule has 2 rings (SSSR count). The first-order chi connectivity index (χ1) is 8.49. The van der Waals surface area contributed by atoms with Crippen molar-refractivity contribution in [2.75, 3.05) is 5.73 Å². The first-order valence-corrected chi connectivity index (χ1v) is 6.45. The van der Waals surface area contributed by atoms with Gasteiger partial charge in [0.1, 0.15) is 5.01 Å². The Morgan fingerprint density at radius 2 is 2.00 bits per heavy atom. The first kappa shape index (κ1) is 12.6. The van der Waals surface area contributed by atoms with Crippen LogP contribution >= 0.6 is 11.3 Å². The van der Waals surface area contributed by atoms with Crippen LogP contribution in [0.15, 0.2) is 35.8 Å². The summed E-state index contributed by atoms with van der Waals surface area (Å²) in [5.41, 5.74) is 6.35. The number of aromatic nitrogens is 1. The highest BCUT2D eigenvalue weighted by Crippen LogP contribution is 2.22. The van der Waals surface area contributed by atoms with Crippen molar-refractivity contribution >= 4 is 22.9 Å². The van der Waals surface area contributed by atoms with Gasteiger partial charge in [-0.2, -0.15) is 0 Å². The van der Waals surface area contributed by atoms with Gasteiger partial charge in [0.05, 0.1) is 5.54 Å². The number of nitrogens with zero attached hydrogens (tertiary/aromatic N) is 1. The Hall–Kier alpha value is -1.88. The fourth-order valence-corrected chi connectivity index (χ4v) is 2.29. The maximum atomic E-state index is 12.1. The SMILES string of the molecule is CC(C)(NC(=O)c1ccc(N)cc1)c1nccs1. The molecule has 2 aromatic rings. The number of nitrogen functional groups attached to an aromatic ring is 1. The van der Waals surface area contributed by atoms with Gasteiger partial charge in [0.15, 0.2) is 0 Å². The highest BCUT2D eigenvalue weighted by Gasteiger charge is 2.25. The molecule has 0 atom stereocenters.